The molecule has 110 valence electrons. The SMILES string of the molecule is CCNC(c1ccc2cccnc2c1)C1CC2CCC1O2. The number of nitrogens with one attached hydrogen (secondary N) is 1. The Labute approximate surface area is 125 Å². The summed E-state index contributed by atoms with van der Waals surface area (Å²) in [5, 5.41) is 4.89. The average molecular weight is 282 g/mol. The minimum absolute atomic E-state index is 0.386. The molecule has 4 atom stereocenters. The van der Waals surface area contributed by atoms with Gasteiger partial charge in [-0.15, -0.1) is 0 Å². The molecule has 2 fully saturated rings. The molecule has 1 aromatic heterocycles. The van der Waals surface area contributed by atoms with Crippen LogP contribution >= 0.6 is 0 Å². The number of hydrogen-bond donors (Lipinski definition) is 1. The van der Waals surface area contributed by atoms with Gasteiger partial charge in [-0.1, -0.05) is 25.1 Å². The number of hydrogen-bond acceptors (Lipinski definition) is 3. The number of rotatable bonds is 4. The second kappa shape index (κ2) is 5.39. The van der Waals surface area contributed by atoms with Crippen LogP contribution in [0.3, 0.4) is 0 Å². The van der Waals surface area contributed by atoms with Crippen LogP contribution in [-0.4, -0.2) is 23.7 Å². The number of ether oxygens (including phenoxy) is 1. The van der Waals surface area contributed by atoms with E-state index in [1.54, 1.807) is 0 Å². The average Bonchev–Trinajstić information content (AvgIpc) is 3.15. The highest BCUT2D eigenvalue weighted by Crippen LogP contribution is 2.44. The molecule has 3 heterocycles. The molecule has 3 nitrogen and oxygen atoms in total. The van der Waals surface area contributed by atoms with Crippen LogP contribution in [0.25, 0.3) is 10.9 Å². The zero-order valence-corrected chi connectivity index (χ0v) is 12.5. The summed E-state index contributed by atoms with van der Waals surface area (Å²) in [6, 6.07) is 11.2. The maximum atomic E-state index is 6.07. The van der Waals surface area contributed by atoms with Crippen LogP contribution in [0.5, 0.6) is 0 Å². The number of aromatic nitrogens is 1. The molecule has 3 heteroatoms. The number of nitrogens with zero attached hydrogens (tertiary/aromatic N) is 1. The van der Waals surface area contributed by atoms with Gasteiger partial charge in [0, 0.05) is 23.5 Å². The van der Waals surface area contributed by atoms with Crippen molar-refractivity contribution in [2.24, 2.45) is 5.92 Å². The molecule has 2 aliphatic rings. The van der Waals surface area contributed by atoms with Crippen molar-refractivity contribution in [3.05, 3.63) is 42.1 Å². The maximum Gasteiger partial charge on any atom is 0.0705 e. The lowest BCUT2D eigenvalue weighted by Gasteiger charge is -2.29. The second-order valence-electron chi connectivity index (χ2n) is 6.26. The van der Waals surface area contributed by atoms with Crippen LogP contribution in [0.1, 0.15) is 37.8 Å². The standard InChI is InChI=1S/C18H22N2O/c1-2-19-18(15-11-14-7-8-17(15)21-14)13-6-5-12-4-3-9-20-16(12)10-13/h3-6,9-10,14-15,17-19H,2,7-8,11H2,1H3. The molecule has 2 aliphatic heterocycles. The normalized spacial score (nSPS) is 29.1. The summed E-state index contributed by atoms with van der Waals surface area (Å²) in [4.78, 5) is 4.50. The molecule has 0 aliphatic carbocycles. The first kappa shape index (κ1) is 13.2. The van der Waals surface area contributed by atoms with Gasteiger partial charge < -0.3 is 10.1 Å². The van der Waals surface area contributed by atoms with E-state index < -0.39 is 0 Å². The predicted molar refractivity (Wildman–Crippen MR) is 84.2 cm³/mol. The van der Waals surface area contributed by atoms with Gasteiger partial charge >= 0.3 is 0 Å². The molecule has 0 amide bonds. The van der Waals surface area contributed by atoms with Gasteiger partial charge in [0.05, 0.1) is 17.7 Å². The van der Waals surface area contributed by atoms with Crippen molar-refractivity contribution in [2.45, 2.75) is 44.4 Å². The lowest BCUT2D eigenvalue weighted by Crippen LogP contribution is -2.33. The van der Waals surface area contributed by atoms with E-state index in [4.69, 9.17) is 4.74 Å². The van der Waals surface area contributed by atoms with E-state index in [0.717, 1.165) is 12.1 Å². The molecule has 0 saturated carbocycles. The molecule has 2 aromatic rings. The highest BCUT2D eigenvalue weighted by molar-refractivity contribution is 5.79. The Bertz CT molecular complexity index is 642. The fourth-order valence-electron chi connectivity index (χ4n) is 4.04. The van der Waals surface area contributed by atoms with Crippen molar-refractivity contribution in [2.75, 3.05) is 6.54 Å². The third-order valence-electron chi connectivity index (χ3n) is 4.99. The third kappa shape index (κ3) is 2.34. The predicted octanol–water partition coefficient (Wildman–Crippen LogP) is 3.45. The quantitative estimate of drug-likeness (QED) is 0.932. The molecule has 1 aromatic carbocycles. The van der Waals surface area contributed by atoms with Gasteiger partial charge in [0.1, 0.15) is 0 Å². The Morgan fingerprint density at radius 2 is 2.29 bits per heavy atom. The summed E-state index contributed by atoms with van der Waals surface area (Å²) in [7, 11) is 0. The summed E-state index contributed by atoms with van der Waals surface area (Å²) >= 11 is 0. The molecule has 1 N–H and O–H groups in total. The summed E-state index contributed by atoms with van der Waals surface area (Å²) in [6.45, 7) is 3.17. The van der Waals surface area contributed by atoms with Gasteiger partial charge in [-0.3, -0.25) is 4.98 Å². The second-order valence-corrected chi connectivity index (χ2v) is 6.26. The van der Waals surface area contributed by atoms with E-state index in [2.05, 4.69) is 41.5 Å². The zero-order valence-electron chi connectivity index (χ0n) is 12.5. The fourth-order valence-corrected chi connectivity index (χ4v) is 4.04. The largest absolute Gasteiger partial charge is 0.375 e. The number of benzene rings is 1. The van der Waals surface area contributed by atoms with Crippen LogP contribution in [0, 0.1) is 5.92 Å². The van der Waals surface area contributed by atoms with E-state index in [9.17, 15) is 0 Å². The molecule has 4 unspecified atom stereocenters. The first-order chi connectivity index (χ1) is 10.3. The smallest absolute Gasteiger partial charge is 0.0705 e. The van der Waals surface area contributed by atoms with Gasteiger partial charge in [0.15, 0.2) is 0 Å². The highest BCUT2D eigenvalue weighted by atomic mass is 16.5. The minimum atomic E-state index is 0.386. The first-order valence-corrected chi connectivity index (χ1v) is 8.08. The van der Waals surface area contributed by atoms with E-state index >= 15 is 0 Å². The lowest BCUT2D eigenvalue weighted by atomic mass is 9.81. The topological polar surface area (TPSA) is 34.2 Å². The third-order valence-corrected chi connectivity index (χ3v) is 4.99. The molecule has 0 radical (unpaired) electrons. The molecule has 0 spiro atoms. The van der Waals surface area contributed by atoms with Crippen molar-refractivity contribution in [3.63, 3.8) is 0 Å². The van der Waals surface area contributed by atoms with Crippen LogP contribution in [0.2, 0.25) is 0 Å². The Kier molecular flexibility index (Phi) is 3.40. The van der Waals surface area contributed by atoms with Crippen LogP contribution < -0.4 is 5.32 Å². The van der Waals surface area contributed by atoms with Gasteiger partial charge in [0.25, 0.3) is 0 Å². The van der Waals surface area contributed by atoms with Crippen LogP contribution in [-0.2, 0) is 4.74 Å². The molecular formula is C18H22N2O. The molecule has 4 rings (SSSR count). The first-order valence-electron chi connectivity index (χ1n) is 8.08. The molecular weight excluding hydrogens is 260 g/mol. The Morgan fingerprint density at radius 3 is 3.05 bits per heavy atom. The molecule has 21 heavy (non-hydrogen) atoms. The fraction of sp³-hybridized carbons (Fsp3) is 0.500. The Hall–Kier alpha value is -1.45. The summed E-state index contributed by atoms with van der Waals surface area (Å²) in [5.74, 6) is 0.602. The van der Waals surface area contributed by atoms with Crippen molar-refractivity contribution >= 4 is 10.9 Å². The molecule has 2 saturated heterocycles. The van der Waals surface area contributed by atoms with E-state index in [-0.39, 0.29) is 0 Å². The minimum Gasteiger partial charge on any atom is -0.375 e. The number of fused-ring (bicyclic) bond motifs is 3. The monoisotopic (exact) mass is 282 g/mol. The van der Waals surface area contributed by atoms with Gasteiger partial charge in [-0.2, -0.15) is 0 Å². The Morgan fingerprint density at radius 1 is 1.33 bits per heavy atom. The summed E-state index contributed by atoms with van der Waals surface area (Å²) < 4.78 is 6.07. The van der Waals surface area contributed by atoms with Crippen molar-refractivity contribution in [1.29, 1.82) is 0 Å². The van der Waals surface area contributed by atoms with Crippen LogP contribution in [0.15, 0.2) is 36.5 Å². The summed E-state index contributed by atoms with van der Waals surface area (Å²) in [6.07, 6.45) is 6.48. The van der Waals surface area contributed by atoms with Gasteiger partial charge in [-0.05, 0) is 43.5 Å². The maximum absolute atomic E-state index is 6.07. The van der Waals surface area contributed by atoms with Crippen molar-refractivity contribution in [1.82, 2.24) is 10.3 Å². The van der Waals surface area contributed by atoms with E-state index in [0.29, 0.717) is 24.2 Å². The van der Waals surface area contributed by atoms with Gasteiger partial charge in [-0.25, -0.2) is 0 Å². The lowest BCUT2D eigenvalue weighted by molar-refractivity contribution is 0.0858. The molecule has 2 bridgehead atoms. The van der Waals surface area contributed by atoms with Gasteiger partial charge in [0.2, 0.25) is 0 Å². The zero-order chi connectivity index (χ0) is 14.2. The van der Waals surface area contributed by atoms with Crippen LogP contribution in [0.4, 0.5) is 0 Å². The van der Waals surface area contributed by atoms with E-state index in [1.807, 2.05) is 12.3 Å². The van der Waals surface area contributed by atoms with E-state index in [1.165, 1.54) is 30.2 Å². The van der Waals surface area contributed by atoms with Crippen molar-refractivity contribution in [3.8, 4) is 0 Å². The Balaban J connectivity index is 1.68. The highest BCUT2D eigenvalue weighted by Gasteiger charge is 2.44. The van der Waals surface area contributed by atoms with Crippen molar-refractivity contribution < 1.29 is 4.74 Å². The summed E-state index contributed by atoms with van der Waals surface area (Å²) in [5.41, 5.74) is 2.44. The number of pyridine rings is 1.